The van der Waals surface area contributed by atoms with Gasteiger partial charge in [0.15, 0.2) is 6.29 Å². The lowest BCUT2D eigenvalue weighted by Crippen LogP contribution is -2.03. The summed E-state index contributed by atoms with van der Waals surface area (Å²) in [7, 11) is 0. The maximum absolute atomic E-state index is 10.9. The van der Waals surface area contributed by atoms with Crippen LogP contribution in [0.1, 0.15) is 21.6 Å². The number of hydrogen-bond acceptors (Lipinski definition) is 2. The number of rotatable bonds is 2. The average molecular weight is 200 g/mol. The Bertz CT molecular complexity index is 500. The fraction of sp³-hybridized carbons (Fsp3) is 0.167. The number of benzene rings is 1. The highest BCUT2D eigenvalue weighted by atomic mass is 16.1. The third-order valence-electron chi connectivity index (χ3n) is 2.45. The van der Waals surface area contributed by atoms with Crippen LogP contribution in [0.5, 0.6) is 0 Å². The second-order valence-electron chi connectivity index (χ2n) is 3.53. The van der Waals surface area contributed by atoms with E-state index in [-0.39, 0.29) is 0 Å². The minimum absolute atomic E-state index is 0.615. The summed E-state index contributed by atoms with van der Waals surface area (Å²) in [5.74, 6) is 0. The number of carbonyl (C=O) groups excluding carboxylic acids is 1. The summed E-state index contributed by atoms with van der Waals surface area (Å²) in [5.41, 5.74) is 3.56. The van der Waals surface area contributed by atoms with E-state index >= 15 is 0 Å². The van der Waals surface area contributed by atoms with Crippen molar-refractivity contribution in [2.75, 3.05) is 0 Å². The van der Waals surface area contributed by atoms with Crippen LogP contribution >= 0.6 is 0 Å². The van der Waals surface area contributed by atoms with Gasteiger partial charge in [-0.05, 0) is 31.0 Å². The van der Waals surface area contributed by atoms with Crippen molar-refractivity contribution >= 4 is 6.29 Å². The predicted molar refractivity (Wildman–Crippen MR) is 58.4 cm³/mol. The molecule has 0 aliphatic carbocycles. The molecule has 3 nitrogen and oxygen atoms in total. The normalized spacial score (nSPS) is 10.3. The minimum Gasteiger partial charge on any atom is -0.296 e. The van der Waals surface area contributed by atoms with Gasteiger partial charge >= 0.3 is 0 Å². The van der Waals surface area contributed by atoms with Crippen molar-refractivity contribution in [3.05, 3.63) is 47.3 Å². The van der Waals surface area contributed by atoms with Gasteiger partial charge < -0.3 is 0 Å². The maximum Gasteiger partial charge on any atom is 0.168 e. The van der Waals surface area contributed by atoms with Gasteiger partial charge in [0.25, 0.3) is 0 Å². The lowest BCUT2D eigenvalue weighted by Gasteiger charge is -2.06. The molecule has 0 atom stereocenters. The van der Waals surface area contributed by atoms with Crippen LogP contribution in [0.25, 0.3) is 5.69 Å². The molecule has 0 N–H and O–H groups in total. The zero-order valence-electron chi connectivity index (χ0n) is 8.77. The first-order valence-corrected chi connectivity index (χ1v) is 4.80. The van der Waals surface area contributed by atoms with E-state index in [0.29, 0.717) is 5.69 Å². The summed E-state index contributed by atoms with van der Waals surface area (Å²) in [4.78, 5) is 10.9. The molecular formula is C12H12N2O. The molecule has 1 aromatic heterocycles. The van der Waals surface area contributed by atoms with Gasteiger partial charge in [0.2, 0.25) is 0 Å². The first-order valence-electron chi connectivity index (χ1n) is 4.80. The molecule has 0 saturated carbocycles. The van der Waals surface area contributed by atoms with Gasteiger partial charge in [0.05, 0.1) is 11.9 Å². The van der Waals surface area contributed by atoms with Crippen molar-refractivity contribution in [2.24, 2.45) is 0 Å². The Kier molecular flexibility index (Phi) is 2.37. The lowest BCUT2D eigenvalue weighted by molar-refractivity contribution is 0.111. The number of aromatic nitrogens is 2. The van der Waals surface area contributed by atoms with Gasteiger partial charge in [-0.15, -0.1) is 0 Å². The Morgan fingerprint density at radius 3 is 2.60 bits per heavy atom. The van der Waals surface area contributed by atoms with E-state index in [9.17, 15) is 4.79 Å². The summed E-state index contributed by atoms with van der Waals surface area (Å²) in [6, 6.07) is 7.86. The standard InChI is InChI=1S/C12H12N2O/c1-9-5-3-4-6-11(9)14-12(8-15)10(2)7-13-14/h3-8H,1-2H3. The van der Waals surface area contributed by atoms with Crippen LogP contribution in [0.2, 0.25) is 0 Å². The second kappa shape index (κ2) is 3.69. The number of hydrogen-bond donors (Lipinski definition) is 0. The number of aldehydes is 1. The van der Waals surface area contributed by atoms with Crippen LogP contribution < -0.4 is 0 Å². The first kappa shape index (κ1) is 9.65. The monoisotopic (exact) mass is 200 g/mol. The van der Waals surface area contributed by atoms with Crippen LogP contribution in [-0.4, -0.2) is 16.1 Å². The van der Waals surface area contributed by atoms with E-state index in [0.717, 1.165) is 23.1 Å². The first-order chi connectivity index (χ1) is 7.24. The molecule has 3 heteroatoms. The zero-order valence-corrected chi connectivity index (χ0v) is 8.77. The van der Waals surface area contributed by atoms with Crippen LogP contribution in [0.15, 0.2) is 30.5 Å². The van der Waals surface area contributed by atoms with E-state index in [1.165, 1.54) is 0 Å². The Balaban J connectivity index is 2.64. The van der Waals surface area contributed by atoms with Crippen molar-refractivity contribution in [2.45, 2.75) is 13.8 Å². The molecule has 0 amide bonds. The molecule has 1 heterocycles. The van der Waals surface area contributed by atoms with E-state index in [1.807, 2.05) is 38.1 Å². The van der Waals surface area contributed by atoms with Crippen molar-refractivity contribution in [3.63, 3.8) is 0 Å². The predicted octanol–water partition coefficient (Wildman–Crippen LogP) is 2.30. The van der Waals surface area contributed by atoms with E-state index in [4.69, 9.17) is 0 Å². The smallest absolute Gasteiger partial charge is 0.168 e. The van der Waals surface area contributed by atoms with Gasteiger partial charge in [-0.2, -0.15) is 5.10 Å². The lowest BCUT2D eigenvalue weighted by atomic mass is 10.2. The molecule has 0 spiro atoms. The number of aryl methyl sites for hydroxylation is 2. The van der Waals surface area contributed by atoms with Gasteiger partial charge in [0.1, 0.15) is 5.69 Å². The van der Waals surface area contributed by atoms with Gasteiger partial charge in [-0.25, -0.2) is 4.68 Å². The molecular weight excluding hydrogens is 188 g/mol. The molecule has 2 rings (SSSR count). The topological polar surface area (TPSA) is 34.9 Å². The summed E-state index contributed by atoms with van der Waals surface area (Å²) in [6.45, 7) is 3.88. The Labute approximate surface area is 88.4 Å². The molecule has 0 aliphatic heterocycles. The van der Waals surface area contributed by atoms with Gasteiger partial charge in [-0.1, -0.05) is 18.2 Å². The zero-order chi connectivity index (χ0) is 10.8. The summed E-state index contributed by atoms with van der Waals surface area (Å²) in [5, 5.41) is 4.20. The summed E-state index contributed by atoms with van der Waals surface area (Å²) < 4.78 is 1.68. The van der Waals surface area contributed by atoms with Crippen molar-refractivity contribution in [1.82, 2.24) is 9.78 Å². The highest BCUT2D eigenvalue weighted by Gasteiger charge is 2.09. The number of nitrogens with zero attached hydrogens (tertiary/aromatic N) is 2. The second-order valence-corrected chi connectivity index (χ2v) is 3.53. The molecule has 0 unspecified atom stereocenters. The molecule has 0 bridgehead atoms. The van der Waals surface area contributed by atoms with E-state index in [2.05, 4.69) is 5.10 Å². The van der Waals surface area contributed by atoms with Crippen LogP contribution in [0, 0.1) is 13.8 Å². The van der Waals surface area contributed by atoms with Crippen molar-refractivity contribution in [1.29, 1.82) is 0 Å². The Morgan fingerprint density at radius 2 is 1.93 bits per heavy atom. The van der Waals surface area contributed by atoms with Crippen LogP contribution in [0.4, 0.5) is 0 Å². The molecule has 15 heavy (non-hydrogen) atoms. The molecule has 76 valence electrons. The highest BCUT2D eigenvalue weighted by molar-refractivity contribution is 5.75. The van der Waals surface area contributed by atoms with E-state index < -0.39 is 0 Å². The average Bonchev–Trinajstić information content (AvgIpc) is 2.60. The molecule has 1 aromatic carbocycles. The van der Waals surface area contributed by atoms with Crippen LogP contribution in [0.3, 0.4) is 0 Å². The highest BCUT2D eigenvalue weighted by Crippen LogP contribution is 2.16. The summed E-state index contributed by atoms with van der Waals surface area (Å²) in [6.07, 6.45) is 2.55. The minimum atomic E-state index is 0.615. The molecule has 0 aliphatic rings. The van der Waals surface area contributed by atoms with Crippen LogP contribution in [-0.2, 0) is 0 Å². The third-order valence-corrected chi connectivity index (χ3v) is 2.45. The van der Waals surface area contributed by atoms with Gasteiger partial charge in [0, 0.05) is 0 Å². The SMILES string of the molecule is Cc1ccccc1-n1ncc(C)c1C=O. The van der Waals surface area contributed by atoms with Crippen molar-refractivity contribution < 1.29 is 4.79 Å². The Hall–Kier alpha value is -1.90. The van der Waals surface area contributed by atoms with Gasteiger partial charge in [-0.3, -0.25) is 4.79 Å². The maximum atomic E-state index is 10.9. The molecule has 0 saturated heterocycles. The molecule has 0 fully saturated rings. The fourth-order valence-electron chi connectivity index (χ4n) is 1.58. The molecule has 0 radical (unpaired) electrons. The largest absolute Gasteiger partial charge is 0.296 e. The number of para-hydroxylation sites is 1. The Morgan fingerprint density at radius 1 is 1.20 bits per heavy atom. The quantitative estimate of drug-likeness (QED) is 0.697. The molecule has 2 aromatic rings. The number of carbonyl (C=O) groups is 1. The third kappa shape index (κ3) is 1.56. The van der Waals surface area contributed by atoms with E-state index in [1.54, 1.807) is 10.9 Å². The van der Waals surface area contributed by atoms with Crippen molar-refractivity contribution in [3.8, 4) is 5.69 Å². The summed E-state index contributed by atoms with van der Waals surface area (Å²) >= 11 is 0. The fourth-order valence-corrected chi connectivity index (χ4v) is 1.58.